The Hall–Kier alpha value is -2.20. The molecule has 1 aromatic carbocycles. The molecule has 0 spiro atoms. The third-order valence-corrected chi connectivity index (χ3v) is 3.93. The summed E-state index contributed by atoms with van der Waals surface area (Å²) in [7, 11) is 0. The van der Waals surface area contributed by atoms with E-state index in [1.165, 1.54) is 22.3 Å². The first-order chi connectivity index (χ1) is 9.88. The van der Waals surface area contributed by atoms with E-state index in [1.807, 2.05) is 12.3 Å². The monoisotopic (exact) mass is 264 g/mol. The van der Waals surface area contributed by atoms with Gasteiger partial charge < -0.3 is 4.98 Å². The lowest BCUT2D eigenvalue weighted by atomic mass is 10.1. The molecule has 4 nitrogen and oxygen atoms in total. The number of rotatable bonds is 2. The summed E-state index contributed by atoms with van der Waals surface area (Å²) in [6.45, 7) is 3.01. The van der Waals surface area contributed by atoms with Gasteiger partial charge in [0.1, 0.15) is 0 Å². The van der Waals surface area contributed by atoms with E-state index in [2.05, 4.69) is 44.1 Å². The van der Waals surface area contributed by atoms with Crippen LogP contribution in [0.4, 0.5) is 0 Å². The van der Waals surface area contributed by atoms with Crippen LogP contribution in [0.2, 0.25) is 0 Å². The van der Waals surface area contributed by atoms with E-state index in [0.717, 1.165) is 31.6 Å². The zero-order valence-electron chi connectivity index (χ0n) is 11.2. The van der Waals surface area contributed by atoms with Gasteiger partial charge in [-0.05, 0) is 23.8 Å². The molecule has 0 unspecified atom stereocenters. The van der Waals surface area contributed by atoms with Crippen LogP contribution in [0.5, 0.6) is 0 Å². The predicted octanol–water partition coefficient (Wildman–Crippen LogP) is 2.52. The van der Waals surface area contributed by atoms with Gasteiger partial charge in [0, 0.05) is 37.6 Å². The van der Waals surface area contributed by atoms with Crippen LogP contribution in [-0.4, -0.2) is 26.4 Å². The van der Waals surface area contributed by atoms with E-state index in [4.69, 9.17) is 0 Å². The summed E-state index contributed by atoms with van der Waals surface area (Å²) in [4.78, 5) is 14.4. The van der Waals surface area contributed by atoms with Crippen molar-refractivity contribution in [3.8, 4) is 0 Å². The van der Waals surface area contributed by atoms with E-state index < -0.39 is 0 Å². The van der Waals surface area contributed by atoms with Crippen LogP contribution < -0.4 is 0 Å². The van der Waals surface area contributed by atoms with Gasteiger partial charge in [-0.2, -0.15) is 0 Å². The highest BCUT2D eigenvalue weighted by atomic mass is 15.1. The lowest BCUT2D eigenvalue weighted by Crippen LogP contribution is -2.30. The number of aromatic nitrogens is 3. The van der Waals surface area contributed by atoms with Crippen LogP contribution in [0, 0.1) is 0 Å². The number of nitrogens with one attached hydrogen (secondary N) is 1. The van der Waals surface area contributed by atoms with E-state index in [1.54, 1.807) is 6.33 Å². The van der Waals surface area contributed by atoms with Gasteiger partial charge in [-0.3, -0.25) is 9.88 Å². The number of benzene rings is 1. The Morgan fingerprint density at radius 3 is 3.20 bits per heavy atom. The largest absolute Gasteiger partial charge is 0.347 e. The molecule has 1 N–H and O–H groups in total. The molecule has 3 aromatic rings. The highest BCUT2D eigenvalue weighted by Gasteiger charge is 2.18. The smallest absolute Gasteiger partial charge is 0.0925 e. The molecule has 0 bridgehead atoms. The quantitative estimate of drug-likeness (QED) is 0.773. The SMILES string of the molecule is c1cnc2ccc(CN3CCc4nc[nH]c4C3)cc2c1. The van der Waals surface area contributed by atoms with E-state index in [9.17, 15) is 0 Å². The minimum absolute atomic E-state index is 0.959. The van der Waals surface area contributed by atoms with Gasteiger partial charge in [-0.1, -0.05) is 12.1 Å². The fraction of sp³-hybridized carbons (Fsp3) is 0.250. The second-order valence-corrected chi connectivity index (χ2v) is 5.32. The van der Waals surface area contributed by atoms with Crippen molar-refractivity contribution in [2.45, 2.75) is 19.5 Å². The summed E-state index contributed by atoms with van der Waals surface area (Å²) in [5.74, 6) is 0. The maximum absolute atomic E-state index is 4.37. The number of H-pyrrole nitrogens is 1. The van der Waals surface area contributed by atoms with Crippen molar-refractivity contribution in [1.82, 2.24) is 19.9 Å². The summed E-state index contributed by atoms with van der Waals surface area (Å²) in [5, 5.41) is 1.21. The van der Waals surface area contributed by atoms with E-state index in [0.29, 0.717) is 0 Å². The molecule has 0 radical (unpaired) electrons. The van der Waals surface area contributed by atoms with Crippen molar-refractivity contribution < 1.29 is 0 Å². The second kappa shape index (κ2) is 4.72. The standard InChI is InChI=1S/C16H16N4/c1-2-13-8-12(3-4-14(13)17-6-1)9-20-7-5-15-16(10-20)19-11-18-15/h1-4,6,8,11H,5,7,9-10H2,(H,18,19). The van der Waals surface area contributed by atoms with E-state index >= 15 is 0 Å². The van der Waals surface area contributed by atoms with Crippen LogP contribution in [-0.2, 0) is 19.5 Å². The van der Waals surface area contributed by atoms with Crippen LogP contribution in [0.15, 0.2) is 42.9 Å². The highest BCUT2D eigenvalue weighted by Crippen LogP contribution is 2.19. The van der Waals surface area contributed by atoms with Gasteiger partial charge >= 0.3 is 0 Å². The summed E-state index contributed by atoms with van der Waals surface area (Å²) in [5.41, 5.74) is 4.89. The van der Waals surface area contributed by atoms with Crippen molar-refractivity contribution >= 4 is 10.9 Å². The zero-order valence-corrected chi connectivity index (χ0v) is 11.2. The Morgan fingerprint density at radius 1 is 1.20 bits per heavy atom. The number of hydrogen-bond donors (Lipinski definition) is 1. The number of pyridine rings is 1. The molecular weight excluding hydrogens is 248 g/mol. The van der Waals surface area contributed by atoms with Crippen LogP contribution in [0.3, 0.4) is 0 Å². The molecule has 0 aliphatic carbocycles. The van der Waals surface area contributed by atoms with Gasteiger partial charge in [-0.25, -0.2) is 4.98 Å². The van der Waals surface area contributed by atoms with Crippen molar-refractivity contribution in [2.24, 2.45) is 0 Å². The summed E-state index contributed by atoms with van der Waals surface area (Å²) < 4.78 is 0. The van der Waals surface area contributed by atoms with Crippen molar-refractivity contribution in [3.05, 3.63) is 59.8 Å². The normalized spacial score (nSPS) is 15.4. The topological polar surface area (TPSA) is 44.8 Å². The Balaban J connectivity index is 1.56. The number of imidazole rings is 1. The van der Waals surface area contributed by atoms with Crippen LogP contribution in [0.25, 0.3) is 10.9 Å². The fourth-order valence-electron chi connectivity index (χ4n) is 2.88. The number of hydrogen-bond acceptors (Lipinski definition) is 3. The Kier molecular flexibility index (Phi) is 2.74. The molecule has 20 heavy (non-hydrogen) atoms. The van der Waals surface area contributed by atoms with Crippen LogP contribution in [0.1, 0.15) is 17.0 Å². The molecule has 0 fully saturated rings. The molecule has 0 saturated carbocycles. The molecule has 1 aliphatic rings. The summed E-state index contributed by atoms with van der Waals surface area (Å²) in [6, 6.07) is 10.6. The Morgan fingerprint density at radius 2 is 2.20 bits per heavy atom. The summed E-state index contributed by atoms with van der Waals surface area (Å²) in [6.07, 6.45) is 4.68. The Bertz CT molecular complexity index is 747. The molecule has 4 heteroatoms. The molecule has 1 aliphatic heterocycles. The number of aromatic amines is 1. The third-order valence-electron chi connectivity index (χ3n) is 3.93. The Labute approximate surface area is 117 Å². The number of fused-ring (bicyclic) bond motifs is 2. The molecule has 3 heterocycles. The molecule has 100 valence electrons. The maximum Gasteiger partial charge on any atom is 0.0925 e. The summed E-state index contributed by atoms with van der Waals surface area (Å²) >= 11 is 0. The first-order valence-corrected chi connectivity index (χ1v) is 6.96. The fourth-order valence-corrected chi connectivity index (χ4v) is 2.88. The molecular formula is C16H16N4. The van der Waals surface area contributed by atoms with Gasteiger partial charge in [0.25, 0.3) is 0 Å². The second-order valence-electron chi connectivity index (χ2n) is 5.32. The lowest BCUT2D eigenvalue weighted by Gasteiger charge is -2.26. The average Bonchev–Trinajstić information content (AvgIpc) is 2.95. The van der Waals surface area contributed by atoms with E-state index in [-0.39, 0.29) is 0 Å². The maximum atomic E-state index is 4.37. The third kappa shape index (κ3) is 2.08. The highest BCUT2D eigenvalue weighted by molar-refractivity contribution is 5.78. The minimum Gasteiger partial charge on any atom is -0.347 e. The zero-order chi connectivity index (χ0) is 13.4. The number of nitrogens with zero attached hydrogens (tertiary/aromatic N) is 3. The average molecular weight is 264 g/mol. The van der Waals surface area contributed by atoms with Crippen molar-refractivity contribution in [3.63, 3.8) is 0 Å². The van der Waals surface area contributed by atoms with Gasteiger partial charge in [0.15, 0.2) is 0 Å². The lowest BCUT2D eigenvalue weighted by molar-refractivity contribution is 0.241. The minimum atomic E-state index is 0.959. The van der Waals surface area contributed by atoms with Crippen molar-refractivity contribution in [2.75, 3.05) is 6.54 Å². The molecule has 4 rings (SSSR count). The first-order valence-electron chi connectivity index (χ1n) is 6.96. The molecule has 2 aromatic heterocycles. The van der Waals surface area contributed by atoms with Gasteiger partial charge in [-0.15, -0.1) is 0 Å². The van der Waals surface area contributed by atoms with Crippen molar-refractivity contribution in [1.29, 1.82) is 0 Å². The van der Waals surface area contributed by atoms with Gasteiger partial charge in [0.05, 0.1) is 23.2 Å². The predicted molar refractivity (Wildman–Crippen MR) is 78.1 cm³/mol. The first kappa shape index (κ1) is 11.6. The molecule has 0 amide bonds. The molecule has 0 atom stereocenters. The van der Waals surface area contributed by atoms with Gasteiger partial charge in [0.2, 0.25) is 0 Å². The van der Waals surface area contributed by atoms with Crippen LogP contribution >= 0.6 is 0 Å². The molecule has 0 saturated heterocycles.